The van der Waals surface area contributed by atoms with Gasteiger partial charge in [-0.3, -0.25) is 19.9 Å². The van der Waals surface area contributed by atoms with E-state index in [1.54, 1.807) is 12.3 Å². The molecular weight excluding hydrogens is 440 g/mol. The van der Waals surface area contributed by atoms with Gasteiger partial charge in [0.05, 0.1) is 5.56 Å². The van der Waals surface area contributed by atoms with Gasteiger partial charge in [-0.2, -0.15) is 0 Å². The summed E-state index contributed by atoms with van der Waals surface area (Å²) in [5.74, 6) is -0.103. The van der Waals surface area contributed by atoms with E-state index in [9.17, 15) is 9.59 Å². The third kappa shape index (κ3) is 5.84. The van der Waals surface area contributed by atoms with Crippen LogP contribution in [-0.4, -0.2) is 39.9 Å². The number of nitrogens with zero attached hydrogens (tertiary/aromatic N) is 2. The van der Waals surface area contributed by atoms with Gasteiger partial charge in [0.25, 0.3) is 5.91 Å². The zero-order chi connectivity index (χ0) is 19.9. The van der Waals surface area contributed by atoms with E-state index in [0.29, 0.717) is 18.4 Å². The highest BCUT2D eigenvalue weighted by Gasteiger charge is 2.17. The number of hydrogen-bond acceptors (Lipinski definition) is 4. The van der Waals surface area contributed by atoms with Gasteiger partial charge >= 0.3 is 0 Å². The van der Waals surface area contributed by atoms with Crippen molar-refractivity contribution in [3.63, 3.8) is 0 Å². The number of amides is 2. The molecule has 6 nitrogen and oxygen atoms in total. The van der Waals surface area contributed by atoms with E-state index < -0.39 is 0 Å². The molecule has 1 fully saturated rings. The first-order chi connectivity index (χ1) is 13.5. The molecule has 2 N–H and O–H groups in total. The molecule has 1 aliphatic heterocycles. The largest absolute Gasteiger partial charge is 0.343 e. The van der Waals surface area contributed by atoms with E-state index in [-0.39, 0.29) is 16.9 Å². The van der Waals surface area contributed by atoms with E-state index in [1.807, 2.05) is 29.2 Å². The molecule has 1 aromatic heterocycles. The number of pyridine rings is 1. The second-order valence-corrected chi connectivity index (χ2v) is 7.91. The standard InChI is InChI=1S/C20H21BrN4O2S/c21-16-11-15(12-22-13-16)19(27)24-20(28)23-17-6-3-14(4-7-17)5-8-18(26)25-9-1-2-10-25/h3-4,6-7,11-13H,1-2,5,8-10H2,(H2,23,24,27,28). The van der Waals surface area contributed by atoms with Gasteiger partial charge in [0.15, 0.2) is 5.11 Å². The third-order valence-electron chi connectivity index (χ3n) is 4.49. The maximum Gasteiger partial charge on any atom is 0.259 e. The highest BCUT2D eigenvalue weighted by atomic mass is 79.9. The number of thiocarbonyl (C=S) groups is 1. The lowest BCUT2D eigenvalue weighted by atomic mass is 10.1. The molecule has 0 atom stereocenters. The van der Waals surface area contributed by atoms with Crippen LogP contribution < -0.4 is 10.6 Å². The Morgan fingerprint density at radius 1 is 1.14 bits per heavy atom. The van der Waals surface area contributed by atoms with E-state index in [0.717, 1.165) is 41.7 Å². The van der Waals surface area contributed by atoms with Crippen molar-refractivity contribution in [2.45, 2.75) is 25.7 Å². The summed E-state index contributed by atoms with van der Waals surface area (Å²) in [7, 11) is 0. The van der Waals surface area contributed by atoms with Gasteiger partial charge in [-0.15, -0.1) is 0 Å². The van der Waals surface area contributed by atoms with Gasteiger partial charge in [0.2, 0.25) is 5.91 Å². The number of carbonyl (C=O) groups excluding carboxylic acids is 2. The molecule has 8 heteroatoms. The smallest absolute Gasteiger partial charge is 0.259 e. The molecule has 0 saturated carbocycles. The number of hydrogen-bond donors (Lipinski definition) is 2. The molecule has 1 saturated heterocycles. The minimum Gasteiger partial charge on any atom is -0.343 e. The number of halogens is 1. The second-order valence-electron chi connectivity index (χ2n) is 6.58. The number of aromatic nitrogens is 1. The average Bonchev–Trinajstić information content (AvgIpc) is 3.22. The molecule has 146 valence electrons. The zero-order valence-corrected chi connectivity index (χ0v) is 17.7. The quantitative estimate of drug-likeness (QED) is 0.667. The number of carbonyl (C=O) groups is 2. The summed E-state index contributed by atoms with van der Waals surface area (Å²) in [4.78, 5) is 30.2. The summed E-state index contributed by atoms with van der Waals surface area (Å²) < 4.78 is 0.720. The molecule has 0 unspecified atom stereocenters. The fraction of sp³-hybridized carbons (Fsp3) is 0.300. The van der Waals surface area contributed by atoms with Crippen LogP contribution in [-0.2, 0) is 11.2 Å². The summed E-state index contributed by atoms with van der Waals surface area (Å²) in [6.07, 6.45) is 6.55. The zero-order valence-electron chi connectivity index (χ0n) is 15.3. The Morgan fingerprint density at radius 3 is 2.54 bits per heavy atom. The highest BCUT2D eigenvalue weighted by molar-refractivity contribution is 9.10. The van der Waals surface area contributed by atoms with E-state index in [4.69, 9.17) is 12.2 Å². The number of rotatable bonds is 5. The summed E-state index contributed by atoms with van der Waals surface area (Å²) in [6.45, 7) is 1.78. The van der Waals surface area contributed by atoms with Crippen LogP contribution in [0, 0.1) is 0 Å². The van der Waals surface area contributed by atoms with E-state index in [1.165, 1.54) is 6.20 Å². The molecule has 2 amide bonds. The van der Waals surface area contributed by atoms with Crippen molar-refractivity contribution in [1.29, 1.82) is 0 Å². The minimum absolute atomic E-state index is 0.210. The van der Waals surface area contributed by atoms with Crippen molar-refractivity contribution >= 4 is 50.8 Å². The molecule has 0 radical (unpaired) electrons. The molecule has 1 aromatic carbocycles. The Bertz CT molecular complexity index is 867. The Hall–Kier alpha value is -2.32. The summed E-state index contributed by atoms with van der Waals surface area (Å²) in [6, 6.07) is 9.36. The number of nitrogens with one attached hydrogen (secondary N) is 2. The van der Waals surface area contributed by atoms with Crippen LogP contribution in [0.5, 0.6) is 0 Å². The summed E-state index contributed by atoms with van der Waals surface area (Å²) in [5, 5.41) is 5.82. The Kier molecular flexibility index (Phi) is 7.11. The lowest BCUT2D eigenvalue weighted by Gasteiger charge is -2.15. The van der Waals surface area contributed by atoms with E-state index >= 15 is 0 Å². The monoisotopic (exact) mass is 460 g/mol. The van der Waals surface area contributed by atoms with Gasteiger partial charge in [-0.05, 0) is 71.2 Å². The summed E-state index contributed by atoms with van der Waals surface area (Å²) in [5.41, 5.74) is 2.28. The van der Waals surface area contributed by atoms with Crippen LogP contribution in [0.1, 0.15) is 35.2 Å². The van der Waals surface area contributed by atoms with Crippen LogP contribution in [0.4, 0.5) is 5.69 Å². The number of benzene rings is 1. The topological polar surface area (TPSA) is 74.3 Å². The van der Waals surface area contributed by atoms with Crippen LogP contribution in [0.25, 0.3) is 0 Å². The first-order valence-corrected chi connectivity index (χ1v) is 10.3. The molecule has 2 heterocycles. The number of aryl methyl sites for hydroxylation is 1. The maximum absolute atomic E-state index is 12.2. The molecule has 28 heavy (non-hydrogen) atoms. The van der Waals surface area contributed by atoms with E-state index in [2.05, 4.69) is 31.5 Å². The Labute approximate surface area is 177 Å². The van der Waals surface area contributed by atoms with Crippen molar-refractivity contribution in [3.8, 4) is 0 Å². The van der Waals surface area contributed by atoms with Crippen molar-refractivity contribution < 1.29 is 9.59 Å². The highest BCUT2D eigenvalue weighted by Crippen LogP contribution is 2.14. The van der Waals surface area contributed by atoms with Crippen molar-refractivity contribution in [3.05, 3.63) is 58.3 Å². The van der Waals surface area contributed by atoms with Crippen molar-refractivity contribution in [2.75, 3.05) is 18.4 Å². The van der Waals surface area contributed by atoms with Gasteiger partial charge in [0, 0.05) is 42.1 Å². The van der Waals surface area contributed by atoms with Gasteiger partial charge in [-0.1, -0.05) is 12.1 Å². The lowest BCUT2D eigenvalue weighted by Crippen LogP contribution is -2.34. The fourth-order valence-electron chi connectivity index (χ4n) is 3.00. The first kappa shape index (κ1) is 20.4. The fourth-order valence-corrected chi connectivity index (χ4v) is 3.58. The Morgan fingerprint density at radius 2 is 1.86 bits per heavy atom. The molecule has 0 aliphatic carbocycles. The predicted octanol–water partition coefficient (Wildman–Crippen LogP) is 3.53. The average molecular weight is 461 g/mol. The summed E-state index contributed by atoms with van der Waals surface area (Å²) >= 11 is 8.48. The molecule has 0 spiro atoms. The molecule has 2 aromatic rings. The van der Waals surface area contributed by atoms with Crippen LogP contribution in [0.15, 0.2) is 47.2 Å². The van der Waals surface area contributed by atoms with Crippen LogP contribution >= 0.6 is 28.1 Å². The number of anilines is 1. The number of likely N-dealkylation sites (tertiary alicyclic amines) is 1. The third-order valence-corrected chi connectivity index (χ3v) is 5.13. The van der Waals surface area contributed by atoms with Crippen LogP contribution in [0.3, 0.4) is 0 Å². The molecule has 0 bridgehead atoms. The predicted molar refractivity (Wildman–Crippen MR) is 116 cm³/mol. The SMILES string of the molecule is O=C(NC(=S)Nc1ccc(CCC(=O)N2CCCC2)cc1)c1cncc(Br)c1. The molecule has 1 aliphatic rings. The first-order valence-electron chi connectivity index (χ1n) is 9.11. The van der Waals surface area contributed by atoms with Crippen molar-refractivity contribution in [1.82, 2.24) is 15.2 Å². The van der Waals surface area contributed by atoms with Gasteiger partial charge < -0.3 is 10.2 Å². The molecular formula is C20H21BrN4O2S. The van der Waals surface area contributed by atoms with Gasteiger partial charge in [-0.25, -0.2) is 0 Å². The second kappa shape index (κ2) is 9.75. The van der Waals surface area contributed by atoms with Crippen LogP contribution in [0.2, 0.25) is 0 Å². The minimum atomic E-state index is -0.330. The normalized spacial score (nSPS) is 13.2. The molecule has 3 rings (SSSR count). The lowest BCUT2D eigenvalue weighted by molar-refractivity contribution is -0.130. The Balaban J connectivity index is 1.47. The maximum atomic E-state index is 12.2. The van der Waals surface area contributed by atoms with Crippen molar-refractivity contribution in [2.24, 2.45) is 0 Å². The van der Waals surface area contributed by atoms with Gasteiger partial charge in [0.1, 0.15) is 0 Å².